The fraction of sp³-hybridized carbons (Fsp3) is 0.273. The van der Waals surface area contributed by atoms with E-state index < -0.39 is 17.5 Å². The zero-order chi connectivity index (χ0) is 21.3. The third kappa shape index (κ3) is 4.17. The molecule has 0 spiro atoms. The normalized spacial score (nSPS) is 16.1. The number of aromatic amines is 1. The number of aryl methyl sites for hydroxylation is 1. The minimum absolute atomic E-state index is 0.0907. The van der Waals surface area contributed by atoms with Crippen molar-refractivity contribution in [2.75, 3.05) is 6.54 Å². The summed E-state index contributed by atoms with van der Waals surface area (Å²) < 4.78 is 41.5. The van der Waals surface area contributed by atoms with Crippen molar-refractivity contribution < 1.29 is 22.8 Å². The molecule has 2 amide bonds. The summed E-state index contributed by atoms with van der Waals surface area (Å²) in [6.07, 6.45) is 1.31. The molecule has 1 aliphatic rings. The minimum Gasteiger partial charge on any atom is -0.354 e. The predicted molar refractivity (Wildman–Crippen MR) is 106 cm³/mol. The molecule has 1 aliphatic heterocycles. The van der Waals surface area contributed by atoms with Crippen molar-refractivity contribution in [3.8, 4) is 11.3 Å². The van der Waals surface area contributed by atoms with Crippen molar-refractivity contribution in [1.82, 2.24) is 15.6 Å². The molecule has 30 heavy (non-hydrogen) atoms. The second-order valence-corrected chi connectivity index (χ2v) is 7.42. The highest BCUT2D eigenvalue weighted by molar-refractivity contribution is 5.91. The first-order chi connectivity index (χ1) is 14.4. The molecule has 156 valence electrons. The Labute approximate surface area is 170 Å². The molecule has 0 radical (unpaired) electrons. The summed E-state index contributed by atoms with van der Waals surface area (Å²) in [5, 5.41) is 5.86. The molecule has 0 bridgehead atoms. The molecule has 4 rings (SSSR count). The van der Waals surface area contributed by atoms with Crippen LogP contribution in [-0.4, -0.2) is 29.4 Å². The van der Waals surface area contributed by atoms with E-state index in [1.54, 1.807) is 12.1 Å². The largest absolute Gasteiger partial charge is 0.354 e. The number of aromatic nitrogens is 1. The van der Waals surface area contributed by atoms with Gasteiger partial charge in [-0.3, -0.25) is 9.59 Å². The molecule has 2 aromatic carbocycles. The van der Waals surface area contributed by atoms with E-state index in [2.05, 4.69) is 15.6 Å². The topological polar surface area (TPSA) is 74.0 Å². The van der Waals surface area contributed by atoms with Crippen LogP contribution in [0.5, 0.6) is 0 Å². The molecule has 3 aromatic rings. The average molecular weight is 415 g/mol. The SMILES string of the molecule is O=C1CC(NC(=O)CCCc2c(-c3ccc(F)cc3)[nH]c3c(F)cc(F)cc23)CN1. The Morgan fingerprint density at radius 2 is 1.87 bits per heavy atom. The quantitative estimate of drug-likeness (QED) is 0.576. The number of carbonyl (C=O) groups excluding carboxylic acids is 2. The van der Waals surface area contributed by atoms with E-state index in [9.17, 15) is 22.8 Å². The molecule has 3 N–H and O–H groups in total. The van der Waals surface area contributed by atoms with Crippen LogP contribution in [0.2, 0.25) is 0 Å². The summed E-state index contributed by atoms with van der Waals surface area (Å²) >= 11 is 0. The molecule has 1 fully saturated rings. The van der Waals surface area contributed by atoms with Gasteiger partial charge < -0.3 is 15.6 Å². The lowest BCUT2D eigenvalue weighted by atomic mass is 10.00. The molecule has 8 heteroatoms. The molecular formula is C22H20F3N3O2. The van der Waals surface area contributed by atoms with Crippen LogP contribution in [0.3, 0.4) is 0 Å². The Hall–Kier alpha value is -3.29. The Morgan fingerprint density at radius 1 is 1.10 bits per heavy atom. The molecule has 1 unspecified atom stereocenters. The van der Waals surface area contributed by atoms with E-state index in [0.717, 1.165) is 6.07 Å². The lowest BCUT2D eigenvalue weighted by Crippen LogP contribution is -2.36. The zero-order valence-electron chi connectivity index (χ0n) is 16.0. The molecule has 2 heterocycles. The van der Waals surface area contributed by atoms with Crippen LogP contribution in [0.25, 0.3) is 22.2 Å². The molecule has 5 nitrogen and oxygen atoms in total. The van der Waals surface area contributed by atoms with Crippen LogP contribution < -0.4 is 10.6 Å². The van der Waals surface area contributed by atoms with Crippen molar-refractivity contribution in [1.29, 1.82) is 0 Å². The third-order valence-electron chi connectivity index (χ3n) is 5.24. The lowest BCUT2D eigenvalue weighted by molar-refractivity contribution is -0.121. The van der Waals surface area contributed by atoms with E-state index in [-0.39, 0.29) is 36.2 Å². The molecule has 1 atom stereocenters. The fourth-order valence-corrected chi connectivity index (χ4v) is 3.83. The number of amides is 2. The van der Waals surface area contributed by atoms with Gasteiger partial charge >= 0.3 is 0 Å². The van der Waals surface area contributed by atoms with Gasteiger partial charge in [0.25, 0.3) is 0 Å². The number of hydrogen-bond acceptors (Lipinski definition) is 2. The molecular weight excluding hydrogens is 395 g/mol. The molecule has 0 saturated carbocycles. The van der Waals surface area contributed by atoms with Crippen molar-refractivity contribution >= 4 is 22.7 Å². The maximum atomic E-state index is 14.3. The monoisotopic (exact) mass is 415 g/mol. The predicted octanol–water partition coefficient (Wildman–Crippen LogP) is 3.58. The standard InChI is InChI=1S/C22H20F3N3O2/c23-13-6-4-12(5-7-13)21-16(17-8-14(24)9-18(25)22(17)28-21)2-1-3-19(29)27-15-10-20(30)26-11-15/h4-9,15,28H,1-3,10-11H2,(H,26,30)(H,27,29). The van der Waals surface area contributed by atoms with E-state index >= 15 is 0 Å². The van der Waals surface area contributed by atoms with Gasteiger partial charge in [0, 0.05) is 36.5 Å². The summed E-state index contributed by atoms with van der Waals surface area (Å²) in [4.78, 5) is 26.4. The Morgan fingerprint density at radius 3 is 2.57 bits per heavy atom. The van der Waals surface area contributed by atoms with Crippen molar-refractivity contribution in [3.05, 3.63) is 59.4 Å². The number of nitrogens with one attached hydrogen (secondary N) is 3. The number of rotatable bonds is 6. The summed E-state index contributed by atoms with van der Waals surface area (Å²) in [5.74, 6) is -2.08. The van der Waals surface area contributed by atoms with Crippen LogP contribution in [0.15, 0.2) is 36.4 Å². The van der Waals surface area contributed by atoms with E-state index in [1.807, 2.05) is 0 Å². The first kappa shape index (κ1) is 20.0. The van der Waals surface area contributed by atoms with Crippen molar-refractivity contribution in [2.24, 2.45) is 0 Å². The maximum Gasteiger partial charge on any atom is 0.222 e. The Kier molecular flexibility index (Phi) is 5.48. The number of carbonyl (C=O) groups is 2. The van der Waals surface area contributed by atoms with Gasteiger partial charge in [-0.2, -0.15) is 0 Å². The van der Waals surface area contributed by atoms with Gasteiger partial charge in [0.15, 0.2) is 0 Å². The molecule has 1 aromatic heterocycles. The van der Waals surface area contributed by atoms with E-state index in [0.29, 0.717) is 41.6 Å². The summed E-state index contributed by atoms with van der Waals surface area (Å²) in [6.45, 7) is 0.417. The fourth-order valence-electron chi connectivity index (χ4n) is 3.83. The zero-order valence-corrected chi connectivity index (χ0v) is 16.0. The lowest BCUT2D eigenvalue weighted by Gasteiger charge is -2.10. The van der Waals surface area contributed by atoms with Crippen molar-refractivity contribution in [3.63, 3.8) is 0 Å². The number of H-pyrrole nitrogens is 1. The van der Waals surface area contributed by atoms with Crippen LogP contribution in [0.1, 0.15) is 24.8 Å². The summed E-state index contributed by atoms with van der Waals surface area (Å²) in [7, 11) is 0. The smallest absolute Gasteiger partial charge is 0.222 e. The minimum atomic E-state index is -0.712. The van der Waals surface area contributed by atoms with Crippen LogP contribution in [-0.2, 0) is 16.0 Å². The van der Waals surface area contributed by atoms with Gasteiger partial charge in [0.05, 0.1) is 11.6 Å². The highest BCUT2D eigenvalue weighted by Gasteiger charge is 2.23. The Balaban J connectivity index is 1.55. The second kappa shape index (κ2) is 8.22. The van der Waals surface area contributed by atoms with E-state index in [4.69, 9.17) is 0 Å². The summed E-state index contributed by atoms with van der Waals surface area (Å²) in [6, 6.07) is 7.58. The second-order valence-electron chi connectivity index (χ2n) is 7.42. The van der Waals surface area contributed by atoms with Gasteiger partial charge in [-0.05, 0) is 54.3 Å². The molecule has 1 saturated heterocycles. The Bertz CT molecular complexity index is 1110. The van der Waals surface area contributed by atoms with Crippen molar-refractivity contribution in [2.45, 2.75) is 31.7 Å². The number of hydrogen-bond donors (Lipinski definition) is 3. The number of halogens is 3. The first-order valence-corrected chi connectivity index (χ1v) is 9.72. The average Bonchev–Trinajstić information content (AvgIpc) is 3.26. The highest BCUT2D eigenvalue weighted by atomic mass is 19.1. The van der Waals surface area contributed by atoms with Gasteiger partial charge in [0.2, 0.25) is 11.8 Å². The number of benzene rings is 2. The maximum absolute atomic E-state index is 14.3. The van der Waals surface area contributed by atoms with Crippen LogP contribution in [0.4, 0.5) is 13.2 Å². The van der Waals surface area contributed by atoms with Gasteiger partial charge in [-0.25, -0.2) is 13.2 Å². The van der Waals surface area contributed by atoms with Crippen LogP contribution >= 0.6 is 0 Å². The first-order valence-electron chi connectivity index (χ1n) is 9.72. The van der Waals surface area contributed by atoms with Gasteiger partial charge in [0.1, 0.15) is 17.5 Å². The summed E-state index contributed by atoms with van der Waals surface area (Å²) in [5.41, 5.74) is 2.05. The molecule has 0 aliphatic carbocycles. The highest BCUT2D eigenvalue weighted by Crippen LogP contribution is 2.33. The van der Waals surface area contributed by atoms with E-state index in [1.165, 1.54) is 18.2 Å². The van der Waals surface area contributed by atoms with Gasteiger partial charge in [-0.1, -0.05) is 0 Å². The third-order valence-corrected chi connectivity index (χ3v) is 5.24. The number of fused-ring (bicyclic) bond motifs is 1. The van der Waals surface area contributed by atoms with Crippen LogP contribution in [0, 0.1) is 17.5 Å². The van der Waals surface area contributed by atoms with Gasteiger partial charge in [-0.15, -0.1) is 0 Å².